The molecule has 9 heavy (non-hydrogen) atoms. The number of carboxylic acids is 1. The molecule has 0 saturated heterocycles. The van der Waals surface area contributed by atoms with Gasteiger partial charge in [0.1, 0.15) is 0 Å². The Hall–Kier alpha value is -1.39. The van der Waals surface area contributed by atoms with Crippen LogP contribution in [0.1, 0.15) is 0 Å². The first-order valence-corrected chi connectivity index (χ1v) is 2.10. The van der Waals surface area contributed by atoms with Gasteiger partial charge in [-0.25, -0.2) is 4.79 Å². The highest BCUT2D eigenvalue weighted by atomic mass is 16.4. The van der Waals surface area contributed by atoms with Crippen molar-refractivity contribution in [2.24, 2.45) is 0 Å². The molecule has 0 bridgehead atoms. The molecule has 5 heteroatoms. The van der Waals surface area contributed by atoms with Gasteiger partial charge < -0.3 is 15.2 Å². The highest BCUT2D eigenvalue weighted by Gasteiger charge is 2.12. The molecule has 1 amide bonds. The highest BCUT2D eigenvalue weighted by Crippen LogP contribution is 1.72. The topological polar surface area (TPSA) is 83.5 Å². The number of amides is 1. The van der Waals surface area contributed by atoms with E-state index in [9.17, 15) is 14.4 Å². The number of carbonyl (C=O) groups is 3. The van der Waals surface area contributed by atoms with Gasteiger partial charge in [0.15, 0.2) is 12.3 Å². The predicted octanol–water partition coefficient (Wildman–Crippen LogP) is -1.62. The van der Waals surface area contributed by atoms with Gasteiger partial charge in [-0.3, -0.25) is 4.79 Å². The van der Waals surface area contributed by atoms with Crippen LogP contribution in [0.5, 0.6) is 0 Å². The number of rotatable bonds is 4. The smallest absolute Gasteiger partial charge is 0.333 e. The minimum absolute atomic E-state index is 0.136. The molecule has 1 unspecified atom stereocenters. The predicted molar refractivity (Wildman–Crippen MR) is 26.7 cm³/mol. The SMILES string of the molecule is O=CNC(C=O)C(=O)O. The molecule has 0 aliphatic heterocycles. The van der Waals surface area contributed by atoms with Crippen molar-refractivity contribution in [2.45, 2.75) is 6.04 Å². The summed E-state index contributed by atoms with van der Waals surface area (Å²) in [5, 5.41) is 9.84. The molecule has 0 rings (SSSR count). The second-order valence-electron chi connectivity index (χ2n) is 1.24. The number of aliphatic carboxylic acids is 1. The summed E-state index contributed by atoms with van der Waals surface area (Å²) in [6.07, 6.45) is 0.296. The minimum atomic E-state index is -1.41. The summed E-state index contributed by atoms with van der Waals surface area (Å²) >= 11 is 0. The quantitative estimate of drug-likeness (QED) is 0.355. The van der Waals surface area contributed by atoms with Crippen LogP contribution in [0.15, 0.2) is 0 Å². The third-order valence-corrected chi connectivity index (χ3v) is 0.650. The molecule has 0 aliphatic rings. The van der Waals surface area contributed by atoms with Gasteiger partial charge in [0.2, 0.25) is 6.41 Å². The van der Waals surface area contributed by atoms with Crippen molar-refractivity contribution in [1.82, 2.24) is 5.32 Å². The molecule has 0 heterocycles. The van der Waals surface area contributed by atoms with Gasteiger partial charge in [-0.15, -0.1) is 0 Å². The second-order valence-corrected chi connectivity index (χ2v) is 1.24. The van der Waals surface area contributed by atoms with Crippen molar-refractivity contribution in [1.29, 1.82) is 0 Å². The van der Waals surface area contributed by atoms with Crippen LogP contribution in [0.25, 0.3) is 0 Å². The van der Waals surface area contributed by atoms with Crippen LogP contribution >= 0.6 is 0 Å². The molecular weight excluding hydrogens is 126 g/mol. The minimum Gasteiger partial charge on any atom is -0.479 e. The average molecular weight is 131 g/mol. The first-order chi connectivity index (χ1) is 4.22. The summed E-state index contributed by atoms with van der Waals surface area (Å²) in [5.41, 5.74) is 0. The van der Waals surface area contributed by atoms with E-state index in [1.54, 1.807) is 5.32 Å². The molecule has 2 N–H and O–H groups in total. The van der Waals surface area contributed by atoms with Crippen molar-refractivity contribution in [3.05, 3.63) is 0 Å². The van der Waals surface area contributed by atoms with Crippen molar-refractivity contribution >= 4 is 18.7 Å². The third-order valence-electron chi connectivity index (χ3n) is 0.650. The zero-order valence-electron chi connectivity index (χ0n) is 4.40. The van der Waals surface area contributed by atoms with Crippen molar-refractivity contribution in [3.8, 4) is 0 Å². The molecule has 0 radical (unpaired) electrons. The fraction of sp³-hybridized carbons (Fsp3) is 0.250. The lowest BCUT2D eigenvalue weighted by molar-refractivity contribution is -0.142. The maximum atomic E-state index is 9.87. The molecule has 5 nitrogen and oxygen atoms in total. The monoisotopic (exact) mass is 131 g/mol. The molecule has 0 aromatic carbocycles. The van der Waals surface area contributed by atoms with E-state index >= 15 is 0 Å². The summed E-state index contributed by atoms with van der Waals surface area (Å²) in [7, 11) is 0. The number of nitrogens with one attached hydrogen (secondary N) is 1. The van der Waals surface area contributed by atoms with Gasteiger partial charge in [0.05, 0.1) is 0 Å². The lowest BCUT2D eigenvalue weighted by atomic mass is 10.3. The van der Waals surface area contributed by atoms with Crippen LogP contribution in [-0.2, 0) is 14.4 Å². The summed E-state index contributed by atoms with van der Waals surface area (Å²) in [6, 6.07) is -1.41. The Morgan fingerprint density at radius 1 is 1.56 bits per heavy atom. The fourth-order valence-corrected chi connectivity index (χ4v) is 0.242. The Kier molecular flexibility index (Phi) is 3.04. The van der Waals surface area contributed by atoms with Crippen LogP contribution in [0.3, 0.4) is 0 Å². The normalized spacial score (nSPS) is 11.6. The van der Waals surface area contributed by atoms with Crippen molar-refractivity contribution < 1.29 is 19.5 Å². The largest absolute Gasteiger partial charge is 0.479 e. The van der Waals surface area contributed by atoms with Gasteiger partial charge in [0.25, 0.3) is 0 Å². The van der Waals surface area contributed by atoms with Crippen molar-refractivity contribution in [2.75, 3.05) is 0 Å². The zero-order chi connectivity index (χ0) is 7.28. The van der Waals surface area contributed by atoms with Gasteiger partial charge in [-0.2, -0.15) is 0 Å². The summed E-state index contributed by atoms with van der Waals surface area (Å²) < 4.78 is 0. The van der Waals surface area contributed by atoms with E-state index in [-0.39, 0.29) is 12.7 Å². The van der Waals surface area contributed by atoms with Crippen LogP contribution in [0.4, 0.5) is 0 Å². The Morgan fingerprint density at radius 2 is 2.11 bits per heavy atom. The fourth-order valence-electron chi connectivity index (χ4n) is 0.242. The molecule has 0 saturated carbocycles. The van der Waals surface area contributed by atoms with E-state index in [1.165, 1.54) is 0 Å². The Morgan fingerprint density at radius 3 is 2.22 bits per heavy atom. The number of aldehydes is 1. The summed E-state index contributed by atoms with van der Waals surface area (Å²) in [6.45, 7) is 0. The number of hydrogen-bond donors (Lipinski definition) is 2. The molecule has 0 fully saturated rings. The van der Waals surface area contributed by atoms with E-state index < -0.39 is 12.0 Å². The highest BCUT2D eigenvalue weighted by molar-refractivity contribution is 5.92. The van der Waals surface area contributed by atoms with Gasteiger partial charge in [0, 0.05) is 0 Å². The van der Waals surface area contributed by atoms with E-state index in [2.05, 4.69) is 0 Å². The lowest BCUT2D eigenvalue weighted by Gasteiger charge is -1.98. The van der Waals surface area contributed by atoms with Gasteiger partial charge in [-0.1, -0.05) is 0 Å². The molecule has 50 valence electrons. The maximum absolute atomic E-state index is 9.87. The number of carbonyl (C=O) groups excluding carboxylic acids is 2. The summed E-state index contributed by atoms with van der Waals surface area (Å²) in [4.78, 5) is 29.1. The van der Waals surface area contributed by atoms with Crippen LogP contribution in [0, 0.1) is 0 Å². The average Bonchev–Trinajstić information content (AvgIpc) is 1.82. The first kappa shape index (κ1) is 7.61. The zero-order valence-corrected chi connectivity index (χ0v) is 4.40. The molecule has 0 aliphatic carbocycles. The van der Waals surface area contributed by atoms with Crippen molar-refractivity contribution in [3.63, 3.8) is 0 Å². The molecule has 1 atom stereocenters. The molecule has 0 aromatic heterocycles. The Balaban J connectivity index is 3.81. The standard InChI is InChI=1S/C4H5NO4/c6-1-3(4(8)9)5-2-7/h1-3H,(H,5,7)(H,8,9). The molecule has 0 aromatic rings. The summed E-state index contributed by atoms with van der Waals surface area (Å²) in [5.74, 6) is -1.36. The van der Waals surface area contributed by atoms with E-state index in [0.717, 1.165) is 0 Å². The molecule has 0 spiro atoms. The number of carboxylic acid groups (broad SMARTS) is 1. The van der Waals surface area contributed by atoms with E-state index in [0.29, 0.717) is 0 Å². The van der Waals surface area contributed by atoms with Gasteiger partial charge in [-0.05, 0) is 0 Å². The van der Waals surface area contributed by atoms with Crippen LogP contribution in [0.2, 0.25) is 0 Å². The second kappa shape index (κ2) is 3.59. The van der Waals surface area contributed by atoms with Crippen LogP contribution in [-0.4, -0.2) is 29.8 Å². The number of hydrogen-bond acceptors (Lipinski definition) is 3. The molecular formula is C4H5NO4. The Labute approximate surface area is 50.7 Å². The Bertz CT molecular complexity index is 133. The van der Waals surface area contributed by atoms with E-state index in [1.807, 2.05) is 0 Å². The lowest BCUT2D eigenvalue weighted by Crippen LogP contribution is -2.36. The first-order valence-electron chi connectivity index (χ1n) is 2.10. The van der Waals surface area contributed by atoms with Gasteiger partial charge >= 0.3 is 5.97 Å². The van der Waals surface area contributed by atoms with E-state index in [4.69, 9.17) is 5.11 Å². The third kappa shape index (κ3) is 2.43. The maximum Gasteiger partial charge on any atom is 0.333 e. The van der Waals surface area contributed by atoms with Crippen LogP contribution < -0.4 is 5.32 Å².